The molecule has 0 aliphatic carbocycles. The lowest BCUT2D eigenvalue weighted by molar-refractivity contribution is 0.241. The second kappa shape index (κ2) is 9.53. The molecule has 2 amide bonds. The van der Waals surface area contributed by atoms with Crippen LogP contribution in [0.2, 0.25) is 0 Å². The van der Waals surface area contributed by atoms with Crippen molar-refractivity contribution in [1.29, 1.82) is 5.26 Å². The summed E-state index contributed by atoms with van der Waals surface area (Å²) in [5, 5.41) is 17.6. The summed E-state index contributed by atoms with van der Waals surface area (Å²) in [5.74, 6) is 0.524. The summed E-state index contributed by atoms with van der Waals surface area (Å²) in [6.07, 6.45) is 2.37. The van der Waals surface area contributed by atoms with E-state index in [1.165, 1.54) is 0 Å². The number of hydrogen-bond donors (Lipinski definition) is 3. The normalized spacial score (nSPS) is 9.83. The van der Waals surface area contributed by atoms with Gasteiger partial charge >= 0.3 is 6.03 Å². The van der Waals surface area contributed by atoms with Gasteiger partial charge in [0.05, 0.1) is 5.56 Å². The Labute approximate surface area is 149 Å². The summed E-state index contributed by atoms with van der Waals surface area (Å²) in [6, 6.07) is 13.2. The highest BCUT2D eigenvalue weighted by Crippen LogP contribution is 2.15. The van der Waals surface area contributed by atoms with Crippen molar-refractivity contribution < 1.29 is 4.79 Å². The van der Waals surface area contributed by atoms with E-state index >= 15 is 0 Å². The van der Waals surface area contributed by atoms with Crippen molar-refractivity contribution >= 4 is 27.8 Å². The molecule has 2 aromatic rings. The highest BCUT2D eigenvalue weighted by molar-refractivity contribution is 9.10. The van der Waals surface area contributed by atoms with Gasteiger partial charge in [0.15, 0.2) is 0 Å². The molecule has 0 spiro atoms. The van der Waals surface area contributed by atoms with Gasteiger partial charge in [0.25, 0.3) is 0 Å². The summed E-state index contributed by atoms with van der Waals surface area (Å²) in [6.45, 7) is 1.48. The third kappa shape index (κ3) is 5.56. The standard InChI is InChI=1S/C17H18BrN5O/c18-15-6-2-1-4-13(15)7-9-22-17(24)23-11-10-21-16-14(12-19)5-3-8-20-16/h1-6,8H,7,9-11H2,(H,20,21)(H2,22,23,24). The second-order valence-corrected chi connectivity index (χ2v) is 5.82. The fraction of sp³-hybridized carbons (Fsp3) is 0.235. The van der Waals surface area contributed by atoms with Crippen molar-refractivity contribution in [2.75, 3.05) is 25.0 Å². The molecule has 24 heavy (non-hydrogen) atoms. The number of carbonyl (C=O) groups excluding carboxylic acids is 1. The number of benzene rings is 1. The number of nitrogens with zero attached hydrogens (tertiary/aromatic N) is 2. The molecule has 0 atom stereocenters. The number of nitriles is 1. The Bertz CT molecular complexity index is 729. The zero-order valence-electron chi connectivity index (χ0n) is 13.1. The van der Waals surface area contributed by atoms with Gasteiger partial charge in [-0.2, -0.15) is 5.26 Å². The van der Waals surface area contributed by atoms with E-state index in [9.17, 15) is 4.79 Å². The minimum Gasteiger partial charge on any atom is -0.367 e. The molecule has 0 saturated heterocycles. The van der Waals surface area contributed by atoms with Gasteiger partial charge < -0.3 is 16.0 Å². The van der Waals surface area contributed by atoms with Gasteiger partial charge in [-0.1, -0.05) is 34.1 Å². The topological polar surface area (TPSA) is 89.8 Å². The molecule has 1 heterocycles. The molecular weight excluding hydrogens is 370 g/mol. The zero-order chi connectivity index (χ0) is 17.2. The average molecular weight is 388 g/mol. The van der Waals surface area contributed by atoms with Crippen LogP contribution in [0, 0.1) is 11.3 Å². The van der Waals surface area contributed by atoms with Crippen LogP contribution in [0.1, 0.15) is 11.1 Å². The third-order valence-corrected chi connectivity index (χ3v) is 4.04. The quantitative estimate of drug-likeness (QED) is 0.637. The molecule has 1 aromatic heterocycles. The van der Waals surface area contributed by atoms with Crippen LogP contribution in [-0.2, 0) is 6.42 Å². The lowest BCUT2D eigenvalue weighted by Gasteiger charge is -2.10. The predicted octanol–water partition coefficient (Wildman–Crippen LogP) is 2.67. The Morgan fingerprint density at radius 1 is 1.12 bits per heavy atom. The molecule has 3 N–H and O–H groups in total. The van der Waals surface area contributed by atoms with E-state index in [2.05, 4.69) is 42.9 Å². The molecule has 0 aliphatic heterocycles. The van der Waals surface area contributed by atoms with E-state index in [1.54, 1.807) is 18.3 Å². The number of rotatable bonds is 7. The molecular formula is C17H18BrN5O. The first-order valence-corrected chi connectivity index (χ1v) is 8.34. The number of urea groups is 1. The van der Waals surface area contributed by atoms with Crippen molar-refractivity contribution in [3.8, 4) is 6.07 Å². The van der Waals surface area contributed by atoms with Crippen LogP contribution in [-0.4, -0.2) is 30.6 Å². The van der Waals surface area contributed by atoms with Gasteiger partial charge in [0.2, 0.25) is 0 Å². The number of carbonyl (C=O) groups is 1. The van der Waals surface area contributed by atoms with Crippen LogP contribution in [0.5, 0.6) is 0 Å². The lowest BCUT2D eigenvalue weighted by Crippen LogP contribution is -2.38. The smallest absolute Gasteiger partial charge is 0.314 e. The van der Waals surface area contributed by atoms with E-state index in [4.69, 9.17) is 5.26 Å². The molecule has 2 rings (SSSR count). The monoisotopic (exact) mass is 387 g/mol. The van der Waals surface area contributed by atoms with Gasteiger partial charge in [-0.3, -0.25) is 0 Å². The molecule has 0 radical (unpaired) electrons. The van der Waals surface area contributed by atoms with Crippen molar-refractivity contribution in [3.63, 3.8) is 0 Å². The first-order chi connectivity index (χ1) is 11.7. The Kier molecular flexibility index (Phi) is 7.05. The maximum Gasteiger partial charge on any atom is 0.314 e. The molecule has 7 heteroatoms. The maximum absolute atomic E-state index is 11.7. The first kappa shape index (κ1) is 17.8. The summed E-state index contributed by atoms with van der Waals surface area (Å²) < 4.78 is 1.04. The average Bonchev–Trinajstić information content (AvgIpc) is 2.60. The molecule has 0 bridgehead atoms. The van der Waals surface area contributed by atoms with Crippen LogP contribution in [0.25, 0.3) is 0 Å². The molecule has 0 aliphatic rings. The molecule has 0 saturated carbocycles. The highest BCUT2D eigenvalue weighted by atomic mass is 79.9. The fourth-order valence-electron chi connectivity index (χ4n) is 2.07. The van der Waals surface area contributed by atoms with Crippen molar-refractivity contribution in [2.45, 2.75) is 6.42 Å². The number of aromatic nitrogens is 1. The number of halogens is 1. The molecule has 0 fully saturated rings. The van der Waals surface area contributed by atoms with E-state index in [0.717, 1.165) is 16.5 Å². The molecule has 6 nitrogen and oxygen atoms in total. The van der Waals surface area contributed by atoms with Crippen LogP contribution in [0.4, 0.5) is 10.6 Å². The largest absolute Gasteiger partial charge is 0.367 e. The predicted molar refractivity (Wildman–Crippen MR) is 96.7 cm³/mol. The first-order valence-electron chi connectivity index (χ1n) is 7.55. The maximum atomic E-state index is 11.7. The van der Waals surface area contributed by atoms with Crippen molar-refractivity contribution in [1.82, 2.24) is 15.6 Å². The van der Waals surface area contributed by atoms with E-state index in [-0.39, 0.29) is 6.03 Å². The van der Waals surface area contributed by atoms with Gasteiger partial charge in [-0.15, -0.1) is 0 Å². The Balaban J connectivity index is 1.63. The van der Waals surface area contributed by atoms with Gasteiger partial charge in [-0.05, 0) is 30.2 Å². The van der Waals surface area contributed by atoms with Crippen molar-refractivity contribution in [2.24, 2.45) is 0 Å². The van der Waals surface area contributed by atoms with Crippen LogP contribution in [0.15, 0.2) is 47.1 Å². The SMILES string of the molecule is N#Cc1cccnc1NCCNC(=O)NCCc1ccccc1Br. The van der Waals surface area contributed by atoms with Crippen molar-refractivity contribution in [3.05, 3.63) is 58.2 Å². The summed E-state index contributed by atoms with van der Waals surface area (Å²) in [5.41, 5.74) is 1.63. The number of amides is 2. The van der Waals surface area contributed by atoms with E-state index in [0.29, 0.717) is 31.0 Å². The lowest BCUT2D eigenvalue weighted by atomic mass is 10.1. The fourth-order valence-corrected chi connectivity index (χ4v) is 2.55. The Hall–Kier alpha value is -2.59. The molecule has 1 aromatic carbocycles. The van der Waals surface area contributed by atoms with Crippen LogP contribution >= 0.6 is 15.9 Å². The highest BCUT2D eigenvalue weighted by Gasteiger charge is 2.03. The number of nitrogens with one attached hydrogen (secondary N) is 3. The summed E-state index contributed by atoms with van der Waals surface area (Å²) in [4.78, 5) is 15.8. The molecule has 124 valence electrons. The molecule has 0 unspecified atom stereocenters. The van der Waals surface area contributed by atoms with Crippen LogP contribution < -0.4 is 16.0 Å². The Morgan fingerprint density at radius 3 is 2.71 bits per heavy atom. The third-order valence-electron chi connectivity index (χ3n) is 3.27. The second-order valence-electron chi connectivity index (χ2n) is 4.96. The summed E-state index contributed by atoms with van der Waals surface area (Å²) in [7, 11) is 0. The Morgan fingerprint density at radius 2 is 1.92 bits per heavy atom. The van der Waals surface area contributed by atoms with Gasteiger partial charge in [0.1, 0.15) is 11.9 Å². The minimum absolute atomic E-state index is 0.217. The summed E-state index contributed by atoms with van der Waals surface area (Å²) >= 11 is 3.48. The van der Waals surface area contributed by atoms with E-state index in [1.807, 2.05) is 24.3 Å². The van der Waals surface area contributed by atoms with E-state index < -0.39 is 0 Å². The zero-order valence-corrected chi connectivity index (χ0v) is 14.6. The number of anilines is 1. The van der Waals surface area contributed by atoms with Gasteiger partial charge in [0, 0.05) is 30.3 Å². The van der Waals surface area contributed by atoms with Crippen LogP contribution in [0.3, 0.4) is 0 Å². The van der Waals surface area contributed by atoms with Gasteiger partial charge in [-0.25, -0.2) is 9.78 Å². The number of hydrogen-bond acceptors (Lipinski definition) is 4. The number of pyridine rings is 1. The minimum atomic E-state index is -0.217.